The van der Waals surface area contributed by atoms with Crippen LogP contribution in [0.3, 0.4) is 0 Å². The smallest absolute Gasteiger partial charge is 0.227 e. The molecule has 1 heterocycles. The topological polar surface area (TPSA) is 20.3 Å². The number of amides is 1. The van der Waals surface area contributed by atoms with Crippen molar-refractivity contribution in [3.8, 4) is 0 Å². The van der Waals surface area contributed by atoms with Gasteiger partial charge in [0.1, 0.15) is 5.82 Å². The van der Waals surface area contributed by atoms with E-state index in [0.29, 0.717) is 0 Å². The Morgan fingerprint density at radius 1 is 1.23 bits per heavy atom. The van der Waals surface area contributed by atoms with Crippen LogP contribution in [-0.4, -0.2) is 17.4 Å². The fourth-order valence-electron chi connectivity index (χ4n) is 3.12. The largest absolute Gasteiger partial charge is 0.335 e. The summed E-state index contributed by atoms with van der Waals surface area (Å²) in [5.41, 5.74) is 3.15. The Labute approximate surface area is 130 Å². The monoisotopic (exact) mass is 297 g/mol. The van der Waals surface area contributed by atoms with Crippen molar-refractivity contribution in [3.05, 3.63) is 71.0 Å². The van der Waals surface area contributed by atoms with E-state index in [9.17, 15) is 9.18 Å². The number of halogens is 1. The van der Waals surface area contributed by atoms with E-state index in [0.717, 1.165) is 24.9 Å². The van der Waals surface area contributed by atoms with Crippen LogP contribution >= 0.6 is 0 Å². The highest BCUT2D eigenvalue weighted by Crippen LogP contribution is 2.32. The van der Waals surface area contributed by atoms with Gasteiger partial charge in [-0.2, -0.15) is 0 Å². The predicted octanol–water partition coefficient (Wildman–Crippen LogP) is 4.04. The molecule has 0 bridgehead atoms. The highest BCUT2D eigenvalue weighted by molar-refractivity contribution is 5.79. The molecule has 1 aliphatic heterocycles. The molecular weight excluding hydrogens is 277 g/mol. The van der Waals surface area contributed by atoms with E-state index in [2.05, 4.69) is 31.2 Å². The van der Waals surface area contributed by atoms with E-state index in [1.807, 2.05) is 4.90 Å². The quantitative estimate of drug-likeness (QED) is 0.837. The lowest BCUT2D eigenvalue weighted by Gasteiger charge is -2.25. The summed E-state index contributed by atoms with van der Waals surface area (Å²) < 4.78 is 13.2. The van der Waals surface area contributed by atoms with E-state index in [1.165, 1.54) is 23.3 Å². The first-order chi connectivity index (χ1) is 10.6. The first kappa shape index (κ1) is 14.8. The number of nitrogens with zero attached hydrogens (tertiary/aromatic N) is 1. The van der Waals surface area contributed by atoms with E-state index < -0.39 is 0 Å². The number of rotatable bonds is 3. The van der Waals surface area contributed by atoms with Gasteiger partial charge in [-0.3, -0.25) is 4.79 Å². The van der Waals surface area contributed by atoms with Gasteiger partial charge in [-0.1, -0.05) is 42.0 Å². The van der Waals surface area contributed by atoms with Crippen molar-refractivity contribution in [1.29, 1.82) is 0 Å². The number of aryl methyl sites for hydroxylation is 1. The van der Waals surface area contributed by atoms with Gasteiger partial charge < -0.3 is 4.90 Å². The summed E-state index contributed by atoms with van der Waals surface area (Å²) in [6.45, 7) is 2.85. The SMILES string of the molecule is Cc1ccc([C@@H]2CCCN2C(=O)Cc2cccc(F)c2)cc1. The van der Waals surface area contributed by atoms with Gasteiger partial charge in [0.15, 0.2) is 0 Å². The first-order valence-corrected chi connectivity index (χ1v) is 7.74. The minimum Gasteiger partial charge on any atom is -0.335 e. The third-order valence-electron chi connectivity index (χ3n) is 4.28. The fraction of sp³-hybridized carbons (Fsp3) is 0.316. The van der Waals surface area contributed by atoms with Crippen LogP contribution in [0.5, 0.6) is 0 Å². The zero-order valence-corrected chi connectivity index (χ0v) is 12.8. The molecule has 0 radical (unpaired) electrons. The Kier molecular flexibility index (Phi) is 4.23. The normalized spacial score (nSPS) is 17.7. The summed E-state index contributed by atoms with van der Waals surface area (Å²) >= 11 is 0. The van der Waals surface area contributed by atoms with E-state index in [1.54, 1.807) is 12.1 Å². The second kappa shape index (κ2) is 6.30. The number of hydrogen-bond acceptors (Lipinski definition) is 1. The first-order valence-electron chi connectivity index (χ1n) is 7.74. The molecule has 0 spiro atoms. The average molecular weight is 297 g/mol. The van der Waals surface area contributed by atoms with Crippen LogP contribution in [-0.2, 0) is 11.2 Å². The van der Waals surface area contributed by atoms with Crippen LogP contribution < -0.4 is 0 Å². The van der Waals surface area contributed by atoms with Crippen LogP contribution in [0.2, 0.25) is 0 Å². The van der Waals surface area contributed by atoms with Gasteiger partial charge in [-0.05, 0) is 43.0 Å². The molecule has 1 aliphatic rings. The Hall–Kier alpha value is -2.16. The fourth-order valence-corrected chi connectivity index (χ4v) is 3.12. The Morgan fingerprint density at radius 2 is 2.00 bits per heavy atom. The van der Waals surface area contributed by atoms with Gasteiger partial charge >= 0.3 is 0 Å². The second-order valence-electron chi connectivity index (χ2n) is 5.96. The van der Waals surface area contributed by atoms with Crippen LogP contribution in [0.15, 0.2) is 48.5 Å². The second-order valence-corrected chi connectivity index (χ2v) is 5.96. The maximum atomic E-state index is 13.2. The van der Waals surface area contributed by atoms with Crippen molar-refractivity contribution in [2.24, 2.45) is 0 Å². The summed E-state index contributed by atoms with van der Waals surface area (Å²) in [6.07, 6.45) is 2.28. The lowest BCUT2D eigenvalue weighted by atomic mass is 10.0. The van der Waals surface area contributed by atoms with Crippen molar-refractivity contribution in [3.63, 3.8) is 0 Å². The minimum absolute atomic E-state index is 0.0775. The van der Waals surface area contributed by atoms with Crippen LogP contribution in [0, 0.1) is 12.7 Å². The summed E-state index contributed by atoms with van der Waals surface area (Å²) in [4.78, 5) is 14.5. The van der Waals surface area contributed by atoms with Crippen molar-refractivity contribution < 1.29 is 9.18 Å². The number of likely N-dealkylation sites (tertiary alicyclic amines) is 1. The standard InChI is InChI=1S/C19H20FNO/c1-14-7-9-16(10-8-14)18-6-3-11-21(18)19(22)13-15-4-2-5-17(20)12-15/h2,4-5,7-10,12,18H,3,6,11,13H2,1H3/t18-/m0/s1. The molecule has 1 atom stereocenters. The molecule has 0 aliphatic carbocycles. The molecule has 0 unspecified atom stereocenters. The van der Waals surface area contributed by atoms with Gasteiger partial charge in [-0.25, -0.2) is 4.39 Å². The van der Waals surface area contributed by atoms with Gasteiger partial charge in [0, 0.05) is 6.54 Å². The molecule has 0 saturated carbocycles. The molecule has 1 amide bonds. The van der Waals surface area contributed by atoms with Gasteiger partial charge in [0.25, 0.3) is 0 Å². The van der Waals surface area contributed by atoms with Gasteiger partial charge in [0.05, 0.1) is 12.5 Å². The molecule has 3 rings (SSSR count). The zero-order chi connectivity index (χ0) is 15.5. The van der Waals surface area contributed by atoms with Crippen molar-refractivity contribution in [2.45, 2.75) is 32.2 Å². The maximum absolute atomic E-state index is 13.2. The third-order valence-corrected chi connectivity index (χ3v) is 4.28. The summed E-state index contributed by atoms with van der Waals surface area (Å²) in [5.74, 6) is -0.213. The Balaban J connectivity index is 1.75. The molecule has 114 valence electrons. The summed E-state index contributed by atoms with van der Waals surface area (Å²) in [7, 11) is 0. The third kappa shape index (κ3) is 3.19. The molecule has 0 N–H and O–H groups in total. The van der Waals surface area contributed by atoms with E-state index in [-0.39, 0.29) is 24.2 Å². The van der Waals surface area contributed by atoms with Crippen molar-refractivity contribution in [2.75, 3.05) is 6.54 Å². The number of carbonyl (C=O) groups excluding carboxylic acids is 1. The van der Waals surface area contributed by atoms with Crippen LogP contribution in [0.1, 0.15) is 35.6 Å². The highest BCUT2D eigenvalue weighted by Gasteiger charge is 2.29. The van der Waals surface area contributed by atoms with Gasteiger partial charge in [0.2, 0.25) is 5.91 Å². The number of hydrogen-bond donors (Lipinski definition) is 0. The summed E-state index contributed by atoms with van der Waals surface area (Å²) in [5, 5.41) is 0. The molecule has 2 aromatic carbocycles. The number of carbonyl (C=O) groups is 1. The molecule has 22 heavy (non-hydrogen) atoms. The van der Waals surface area contributed by atoms with Crippen LogP contribution in [0.25, 0.3) is 0 Å². The van der Waals surface area contributed by atoms with E-state index >= 15 is 0 Å². The molecule has 0 aromatic heterocycles. The zero-order valence-electron chi connectivity index (χ0n) is 12.8. The predicted molar refractivity (Wildman–Crippen MR) is 85.0 cm³/mol. The molecule has 2 aromatic rings. The maximum Gasteiger partial charge on any atom is 0.227 e. The minimum atomic E-state index is -0.290. The lowest BCUT2D eigenvalue weighted by Crippen LogP contribution is -2.31. The van der Waals surface area contributed by atoms with Crippen LogP contribution in [0.4, 0.5) is 4.39 Å². The Morgan fingerprint density at radius 3 is 2.73 bits per heavy atom. The van der Waals surface area contributed by atoms with Crippen molar-refractivity contribution in [1.82, 2.24) is 4.90 Å². The highest BCUT2D eigenvalue weighted by atomic mass is 19.1. The molecule has 3 heteroatoms. The molecular formula is C19H20FNO. The van der Waals surface area contributed by atoms with E-state index in [4.69, 9.17) is 0 Å². The molecule has 1 fully saturated rings. The Bertz CT molecular complexity index is 665. The molecule has 2 nitrogen and oxygen atoms in total. The molecule has 1 saturated heterocycles. The van der Waals surface area contributed by atoms with Crippen molar-refractivity contribution >= 4 is 5.91 Å². The number of benzene rings is 2. The van der Waals surface area contributed by atoms with Gasteiger partial charge in [-0.15, -0.1) is 0 Å². The lowest BCUT2D eigenvalue weighted by molar-refractivity contribution is -0.131. The average Bonchev–Trinajstić information content (AvgIpc) is 2.97. The summed E-state index contributed by atoms with van der Waals surface area (Å²) in [6, 6.07) is 14.8.